The summed E-state index contributed by atoms with van der Waals surface area (Å²) in [5.74, 6) is -0.181. The van der Waals surface area contributed by atoms with E-state index in [1.807, 2.05) is 13.2 Å². The lowest BCUT2D eigenvalue weighted by Crippen LogP contribution is -2.43. The summed E-state index contributed by atoms with van der Waals surface area (Å²) >= 11 is 3.02. The van der Waals surface area contributed by atoms with Crippen LogP contribution in [0.4, 0.5) is 0 Å². The number of esters is 1. The molecule has 1 heterocycles. The van der Waals surface area contributed by atoms with Gasteiger partial charge in [-0.2, -0.15) is 5.10 Å². The molecule has 6 heteroatoms. The molecule has 1 aliphatic rings. The van der Waals surface area contributed by atoms with Crippen LogP contribution in [-0.4, -0.2) is 34.5 Å². The maximum atomic E-state index is 12.2. The quantitative estimate of drug-likeness (QED) is 0.585. The summed E-state index contributed by atoms with van der Waals surface area (Å²) in [6, 6.07) is -0.119. The van der Waals surface area contributed by atoms with Crippen molar-refractivity contribution in [3.05, 3.63) is 23.3 Å². The molecule has 0 fully saturated rings. The molecule has 0 saturated carbocycles. The fraction of sp³-hybridized carbons (Fsp3) is 0.625. The van der Waals surface area contributed by atoms with Crippen molar-refractivity contribution in [3.8, 4) is 0 Å². The molecule has 0 saturated heterocycles. The summed E-state index contributed by atoms with van der Waals surface area (Å²) in [5.41, 5.74) is 5.68. The molecule has 0 radical (unpaired) electrons. The van der Waals surface area contributed by atoms with Gasteiger partial charge in [-0.25, -0.2) is 0 Å². The van der Waals surface area contributed by atoms with E-state index in [9.17, 15) is 4.79 Å². The zero-order valence-electron chi connectivity index (χ0n) is 14.0. The molecule has 1 rings (SSSR count). The number of ether oxygens (including phenoxy) is 1. The molecule has 0 amide bonds. The Balaban J connectivity index is 2.77. The van der Waals surface area contributed by atoms with Crippen molar-refractivity contribution in [3.63, 3.8) is 0 Å². The monoisotopic (exact) mass is 342 g/mol. The van der Waals surface area contributed by atoms with Gasteiger partial charge in [0.1, 0.15) is 5.25 Å². The van der Waals surface area contributed by atoms with Crippen LogP contribution in [0.5, 0.6) is 0 Å². The Morgan fingerprint density at radius 3 is 2.77 bits per heavy atom. The second kappa shape index (κ2) is 10.0. The molecule has 0 aromatic rings. The maximum Gasteiger partial charge on any atom is 0.322 e. The Hall–Kier alpha value is -0.880. The summed E-state index contributed by atoms with van der Waals surface area (Å²) in [7, 11) is 0. The molecule has 124 valence electrons. The van der Waals surface area contributed by atoms with Crippen LogP contribution in [0.15, 0.2) is 28.4 Å². The largest absolute Gasteiger partial charge is 0.465 e. The molecule has 0 aromatic heterocycles. The van der Waals surface area contributed by atoms with E-state index in [0.717, 1.165) is 17.2 Å². The first-order valence-electron chi connectivity index (χ1n) is 7.49. The lowest BCUT2D eigenvalue weighted by Gasteiger charge is -2.27. The number of allylic oxidation sites excluding steroid dienone is 3. The molecule has 1 N–H and O–H groups in total. The number of thioether (sulfide) groups is 2. The Bertz CT molecular complexity index is 469. The van der Waals surface area contributed by atoms with Gasteiger partial charge in [0.25, 0.3) is 0 Å². The van der Waals surface area contributed by atoms with Crippen LogP contribution in [0, 0.1) is 0 Å². The fourth-order valence-electron chi connectivity index (χ4n) is 2.02. The molecule has 2 atom stereocenters. The number of hydrogen-bond acceptors (Lipinski definition) is 6. The molecule has 0 aliphatic carbocycles. The van der Waals surface area contributed by atoms with Gasteiger partial charge in [-0.05, 0) is 46.8 Å². The number of nitrogens with zero attached hydrogens (tertiary/aromatic N) is 1. The second-order valence-electron chi connectivity index (χ2n) is 5.36. The van der Waals surface area contributed by atoms with E-state index < -0.39 is 0 Å². The highest BCUT2D eigenvalue weighted by atomic mass is 32.2. The first kappa shape index (κ1) is 19.2. The average Bonchev–Trinajstić information content (AvgIpc) is 2.47. The predicted octanol–water partition coefficient (Wildman–Crippen LogP) is 3.95. The van der Waals surface area contributed by atoms with Gasteiger partial charge < -0.3 is 4.74 Å². The van der Waals surface area contributed by atoms with Crippen LogP contribution < -0.4 is 5.43 Å². The number of carbonyl (C=O) groups excluding carboxylic acids is 1. The van der Waals surface area contributed by atoms with Gasteiger partial charge in [0.15, 0.2) is 4.38 Å². The van der Waals surface area contributed by atoms with E-state index >= 15 is 0 Å². The van der Waals surface area contributed by atoms with E-state index in [4.69, 9.17) is 4.74 Å². The van der Waals surface area contributed by atoms with Crippen molar-refractivity contribution >= 4 is 33.9 Å². The molecule has 4 nitrogen and oxygen atoms in total. The third kappa shape index (κ3) is 6.48. The Labute approximate surface area is 142 Å². The highest BCUT2D eigenvalue weighted by Gasteiger charge is 2.33. The van der Waals surface area contributed by atoms with Crippen LogP contribution in [0.3, 0.4) is 0 Å². The average molecular weight is 343 g/mol. The van der Waals surface area contributed by atoms with E-state index in [2.05, 4.69) is 43.5 Å². The minimum Gasteiger partial charge on any atom is -0.465 e. The van der Waals surface area contributed by atoms with Gasteiger partial charge in [-0.15, -0.1) is 11.8 Å². The van der Waals surface area contributed by atoms with Gasteiger partial charge in [-0.1, -0.05) is 35.1 Å². The molecule has 1 aliphatic heterocycles. The van der Waals surface area contributed by atoms with Gasteiger partial charge in [0.2, 0.25) is 0 Å². The van der Waals surface area contributed by atoms with Gasteiger partial charge in [-0.3, -0.25) is 10.2 Å². The number of hydrogen-bond donors (Lipinski definition) is 1. The third-order valence-corrected chi connectivity index (χ3v) is 5.37. The summed E-state index contributed by atoms with van der Waals surface area (Å²) < 4.78 is 6.06. The molecule has 0 aromatic carbocycles. The van der Waals surface area contributed by atoms with Gasteiger partial charge in [0.05, 0.1) is 12.6 Å². The summed E-state index contributed by atoms with van der Waals surface area (Å²) in [6.45, 7) is 8.54. The highest BCUT2D eigenvalue weighted by molar-refractivity contribution is 8.39. The summed E-state index contributed by atoms with van der Waals surface area (Å²) in [6.07, 6.45) is 8.30. The Morgan fingerprint density at radius 2 is 2.18 bits per heavy atom. The van der Waals surface area contributed by atoms with Gasteiger partial charge in [0, 0.05) is 0 Å². The number of carbonyl (C=O) groups is 1. The predicted molar refractivity (Wildman–Crippen MR) is 98.3 cm³/mol. The lowest BCUT2D eigenvalue weighted by atomic mass is 10.1. The smallest absolute Gasteiger partial charge is 0.322 e. The highest BCUT2D eigenvalue weighted by Crippen LogP contribution is 2.28. The van der Waals surface area contributed by atoms with Crippen LogP contribution in [0.25, 0.3) is 0 Å². The first-order valence-corrected chi connectivity index (χ1v) is 9.59. The van der Waals surface area contributed by atoms with E-state index in [1.165, 1.54) is 34.7 Å². The van der Waals surface area contributed by atoms with Crippen molar-refractivity contribution in [1.29, 1.82) is 0 Å². The van der Waals surface area contributed by atoms with Gasteiger partial charge >= 0.3 is 5.97 Å². The topological polar surface area (TPSA) is 50.7 Å². The molecule has 0 unspecified atom stereocenters. The minimum atomic E-state index is -0.279. The molecule has 0 spiro atoms. The zero-order valence-corrected chi connectivity index (χ0v) is 15.6. The summed E-state index contributed by atoms with van der Waals surface area (Å²) in [4.78, 5) is 12.2. The Morgan fingerprint density at radius 1 is 1.45 bits per heavy atom. The van der Waals surface area contributed by atoms with Crippen molar-refractivity contribution in [2.45, 2.75) is 51.8 Å². The minimum absolute atomic E-state index is 0.119. The number of hydrazone groups is 1. The van der Waals surface area contributed by atoms with Crippen molar-refractivity contribution in [2.24, 2.45) is 5.10 Å². The molecule has 0 bridgehead atoms. The van der Waals surface area contributed by atoms with E-state index in [1.54, 1.807) is 0 Å². The molecular formula is C16H26N2O2S2. The molecule has 22 heavy (non-hydrogen) atoms. The van der Waals surface area contributed by atoms with Crippen LogP contribution >= 0.6 is 23.5 Å². The number of rotatable bonds is 6. The fourth-order valence-corrected chi connectivity index (χ4v) is 3.63. The summed E-state index contributed by atoms with van der Waals surface area (Å²) in [5, 5.41) is 4.03. The number of nitrogens with one attached hydrogen (secondary N) is 1. The van der Waals surface area contributed by atoms with Crippen LogP contribution in [-0.2, 0) is 9.53 Å². The zero-order chi connectivity index (χ0) is 16.5. The van der Waals surface area contributed by atoms with E-state index in [0.29, 0.717) is 6.61 Å². The van der Waals surface area contributed by atoms with E-state index in [-0.39, 0.29) is 17.3 Å². The SMILES string of the molecule is CCOC(=O)[C@@H]1SC(SC)=NN[C@H]1/C=C(\C)CCC=C(C)C. The second-order valence-corrected chi connectivity index (χ2v) is 7.54. The Kier molecular flexibility index (Phi) is 8.71. The normalized spacial score (nSPS) is 21.7. The molecular weight excluding hydrogens is 316 g/mol. The lowest BCUT2D eigenvalue weighted by molar-refractivity contribution is -0.142. The van der Waals surface area contributed by atoms with Crippen LogP contribution in [0.1, 0.15) is 40.5 Å². The van der Waals surface area contributed by atoms with Crippen LogP contribution in [0.2, 0.25) is 0 Å². The third-order valence-electron chi connectivity index (χ3n) is 3.11. The van der Waals surface area contributed by atoms with Crippen molar-refractivity contribution in [2.75, 3.05) is 12.9 Å². The maximum absolute atomic E-state index is 12.2. The van der Waals surface area contributed by atoms with Crippen molar-refractivity contribution < 1.29 is 9.53 Å². The standard InChI is InChI=1S/C16H26N2O2S2/c1-6-20-15(19)14-13(17-18-16(21-5)22-14)10-12(4)9-7-8-11(2)3/h8,10,13-14,17H,6-7,9H2,1-5H3/b12-10+/t13-,14+/m0/s1. The van der Waals surface area contributed by atoms with Crippen molar-refractivity contribution in [1.82, 2.24) is 5.43 Å². The first-order chi connectivity index (χ1) is 10.5.